The standard InChI is InChI=1S/C15H15N3S/c1-2-16-15(14-4-3-9-19-14)11-5-6-12-13(10-11)18-8-7-17-12/h3-10,15-16H,2H2,1H3. The van der Waals surface area contributed by atoms with Crippen molar-refractivity contribution in [2.45, 2.75) is 13.0 Å². The first-order valence-electron chi connectivity index (χ1n) is 6.36. The van der Waals surface area contributed by atoms with E-state index in [0.717, 1.165) is 17.6 Å². The van der Waals surface area contributed by atoms with Crippen molar-refractivity contribution in [3.05, 3.63) is 58.5 Å². The first kappa shape index (κ1) is 12.3. The van der Waals surface area contributed by atoms with Gasteiger partial charge in [0.05, 0.1) is 17.1 Å². The molecule has 3 nitrogen and oxygen atoms in total. The largest absolute Gasteiger partial charge is 0.306 e. The first-order valence-corrected chi connectivity index (χ1v) is 7.24. The van der Waals surface area contributed by atoms with Gasteiger partial charge in [0.25, 0.3) is 0 Å². The highest BCUT2D eigenvalue weighted by Crippen LogP contribution is 2.27. The summed E-state index contributed by atoms with van der Waals surface area (Å²) in [4.78, 5) is 10.0. The molecule has 96 valence electrons. The van der Waals surface area contributed by atoms with Crippen molar-refractivity contribution in [3.8, 4) is 0 Å². The van der Waals surface area contributed by atoms with E-state index < -0.39 is 0 Å². The average Bonchev–Trinajstić information content (AvgIpc) is 2.98. The molecule has 19 heavy (non-hydrogen) atoms. The SMILES string of the molecule is CCNC(c1ccc2nccnc2c1)c1cccs1. The summed E-state index contributed by atoms with van der Waals surface area (Å²) in [6, 6.07) is 10.8. The lowest BCUT2D eigenvalue weighted by atomic mass is 10.0. The van der Waals surface area contributed by atoms with Gasteiger partial charge in [-0.3, -0.25) is 9.97 Å². The molecule has 0 spiro atoms. The van der Waals surface area contributed by atoms with Crippen molar-refractivity contribution < 1.29 is 0 Å². The summed E-state index contributed by atoms with van der Waals surface area (Å²) in [5, 5.41) is 5.64. The molecule has 0 radical (unpaired) electrons. The molecule has 0 aliphatic rings. The minimum Gasteiger partial charge on any atom is -0.306 e. The Labute approximate surface area is 116 Å². The number of benzene rings is 1. The van der Waals surface area contributed by atoms with E-state index in [0.29, 0.717) is 0 Å². The van der Waals surface area contributed by atoms with E-state index in [1.165, 1.54) is 10.4 Å². The first-order chi connectivity index (χ1) is 9.38. The summed E-state index contributed by atoms with van der Waals surface area (Å²) < 4.78 is 0. The van der Waals surface area contributed by atoms with Gasteiger partial charge in [0.1, 0.15) is 0 Å². The lowest BCUT2D eigenvalue weighted by Gasteiger charge is -2.17. The van der Waals surface area contributed by atoms with E-state index in [9.17, 15) is 0 Å². The van der Waals surface area contributed by atoms with Gasteiger partial charge in [-0.2, -0.15) is 0 Å². The predicted octanol–water partition coefficient (Wildman–Crippen LogP) is 3.39. The van der Waals surface area contributed by atoms with Crippen LogP contribution in [0.4, 0.5) is 0 Å². The highest BCUT2D eigenvalue weighted by Gasteiger charge is 2.14. The molecule has 1 aromatic carbocycles. The molecule has 2 heterocycles. The van der Waals surface area contributed by atoms with Crippen LogP contribution in [-0.4, -0.2) is 16.5 Å². The van der Waals surface area contributed by atoms with Gasteiger partial charge in [0.2, 0.25) is 0 Å². The zero-order chi connectivity index (χ0) is 13.1. The molecule has 0 fully saturated rings. The monoisotopic (exact) mass is 269 g/mol. The van der Waals surface area contributed by atoms with Crippen LogP contribution in [0.5, 0.6) is 0 Å². The molecule has 0 saturated heterocycles. The number of rotatable bonds is 4. The third-order valence-electron chi connectivity index (χ3n) is 3.06. The third kappa shape index (κ3) is 2.50. The van der Waals surface area contributed by atoms with Crippen LogP contribution in [0.3, 0.4) is 0 Å². The van der Waals surface area contributed by atoms with Crippen molar-refractivity contribution >= 4 is 22.4 Å². The van der Waals surface area contributed by atoms with Crippen LogP contribution in [-0.2, 0) is 0 Å². The number of hydrogen-bond acceptors (Lipinski definition) is 4. The highest BCUT2D eigenvalue weighted by molar-refractivity contribution is 7.10. The number of fused-ring (bicyclic) bond motifs is 1. The molecule has 1 N–H and O–H groups in total. The lowest BCUT2D eigenvalue weighted by molar-refractivity contribution is 0.640. The molecule has 0 aliphatic carbocycles. The van der Waals surface area contributed by atoms with Gasteiger partial charge in [0.15, 0.2) is 0 Å². The van der Waals surface area contributed by atoms with E-state index in [2.05, 4.69) is 51.9 Å². The van der Waals surface area contributed by atoms with Gasteiger partial charge >= 0.3 is 0 Å². The van der Waals surface area contributed by atoms with E-state index in [1.807, 2.05) is 6.07 Å². The molecule has 0 amide bonds. The van der Waals surface area contributed by atoms with Crippen LogP contribution in [0.2, 0.25) is 0 Å². The average molecular weight is 269 g/mol. The lowest BCUT2D eigenvalue weighted by Crippen LogP contribution is -2.21. The number of hydrogen-bond donors (Lipinski definition) is 1. The van der Waals surface area contributed by atoms with Crippen LogP contribution in [0, 0.1) is 0 Å². The minimum atomic E-state index is 0.233. The van der Waals surface area contributed by atoms with Gasteiger partial charge < -0.3 is 5.32 Å². The Morgan fingerprint density at radius 2 is 2.00 bits per heavy atom. The summed E-state index contributed by atoms with van der Waals surface area (Å²) in [5.41, 5.74) is 3.12. The number of nitrogens with one attached hydrogen (secondary N) is 1. The Morgan fingerprint density at radius 1 is 1.16 bits per heavy atom. The maximum Gasteiger partial charge on any atom is 0.0890 e. The van der Waals surface area contributed by atoms with Crippen LogP contribution in [0.15, 0.2) is 48.1 Å². The van der Waals surface area contributed by atoms with Gasteiger partial charge in [-0.05, 0) is 35.7 Å². The highest BCUT2D eigenvalue weighted by atomic mass is 32.1. The second kappa shape index (κ2) is 5.47. The summed E-state index contributed by atoms with van der Waals surface area (Å²) >= 11 is 1.77. The fourth-order valence-electron chi connectivity index (χ4n) is 2.20. The predicted molar refractivity (Wildman–Crippen MR) is 79.4 cm³/mol. The number of thiophene rings is 1. The number of nitrogens with zero attached hydrogens (tertiary/aromatic N) is 2. The van der Waals surface area contributed by atoms with Gasteiger partial charge in [-0.1, -0.05) is 19.1 Å². The zero-order valence-corrected chi connectivity index (χ0v) is 11.5. The molecule has 0 saturated carbocycles. The topological polar surface area (TPSA) is 37.8 Å². The van der Waals surface area contributed by atoms with Crippen LogP contribution in [0.1, 0.15) is 23.4 Å². The smallest absolute Gasteiger partial charge is 0.0890 e. The molecule has 3 aromatic rings. The van der Waals surface area contributed by atoms with Gasteiger partial charge in [-0.25, -0.2) is 0 Å². The molecule has 4 heteroatoms. The summed E-state index contributed by atoms with van der Waals surface area (Å²) in [6.07, 6.45) is 3.46. The van der Waals surface area contributed by atoms with Crippen molar-refractivity contribution in [2.75, 3.05) is 6.54 Å². The van der Waals surface area contributed by atoms with Crippen LogP contribution < -0.4 is 5.32 Å². The summed E-state index contributed by atoms with van der Waals surface area (Å²) in [6.45, 7) is 3.06. The quantitative estimate of drug-likeness (QED) is 0.789. The Kier molecular flexibility index (Phi) is 3.53. The summed E-state index contributed by atoms with van der Waals surface area (Å²) in [5.74, 6) is 0. The summed E-state index contributed by atoms with van der Waals surface area (Å²) in [7, 11) is 0. The fraction of sp³-hybridized carbons (Fsp3) is 0.200. The molecular formula is C15H15N3S. The van der Waals surface area contributed by atoms with Gasteiger partial charge in [0, 0.05) is 17.3 Å². The fourth-order valence-corrected chi connectivity index (χ4v) is 3.03. The second-order valence-corrected chi connectivity index (χ2v) is 5.29. The van der Waals surface area contributed by atoms with Crippen LogP contribution in [0.25, 0.3) is 11.0 Å². The Hall–Kier alpha value is -1.78. The minimum absolute atomic E-state index is 0.233. The van der Waals surface area contributed by atoms with E-state index in [4.69, 9.17) is 0 Å². The molecule has 1 unspecified atom stereocenters. The van der Waals surface area contributed by atoms with E-state index in [-0.39, 0.29) is 6.04 Å². The second-order valence-electron chi connectivity index (χ2n) is 4.31. The number of aromatic nitrogens is 2. The Bertz CT molecular complexity index is 664. The van der Waals surface area contributed by atoms with Crippen molar-refractivity contribution in [1.29, 1.82) is 0 Å². The molecule has 0 aliphatic heterocycles. The van der Waals surface area contributed by atoms with E-state index in [1.54, 1.807) is 23.7 Å². The normalized spacial score (nSPS) is 12.7. The van der Waals surface area contributed by atoms with Gasteiger partial charge in [-0.15, -0.1) is 11.3 Å². The Balaban J connectivity index is 2.05. The van der Waals surface area contributed by atoms with Crippen LogP contribution >= 0.6 is 11.3 Å². The molecule has 2 aromatic heterocycles. The van der Waals surface area contributed by atoms with Crippen molar-refractivity contribution in [2.24, 2.45) is 0 Å². The molecule has 1 atom stereocenters. The maximum absolute atomic E-state index is 4.38. The molecular weight excluding hydrogens is 254 g/mol. The van der Waals surface area contributed by atoms with E-state index >= 15 is 0 Å². The molecule has 3 rings (SSSR count). The maximum atomic E-state index is 4.38. The zero-order valence-electron chi connectivity index (χ0n) is 10.7. The van der Waals surface area contributed by atoms with Crippen molar-refractivity contribution in [3.63, 3.8) is 0 Å². The Morgan fingerprint density at radius 3 is 2.74 bits per heavy atom. The third-order valence-corrected chi connectivity index (χ3v) is 4.00. The van der Waals surface area contributed by atoms with Crippen molar-refractivity contribution in [1.82, 2.24) is 15.3 Å². The molecule has 0 bridgehead atoms.